The Hall–Kier alpha value is -1.94. The molecular formula is C82H160O17P2. The maximum atomic E-state index is 13.1. The Bertz CT molecular complexity index is 1940. The number of aliphatic hydroxyl groups is 1. The molecule has 0 radical (unpaired) electrons. The topological polar surface area (TPSA) is 237 Å². The molecule has 3 unspecified atom stereocenters. The second-order valence-corrected chi connectivity index (χ2v) is 33.1. The molecular weight excluding hydrogens is 1320 g/mol. The SMILES string of the molecule is CCCCCCCCCCCCCCCCCCCCCCC(=O)O[C@H](COC(=O)CCCCCCCCCCCCCCCC(C)C)COP(=O)(O)OC[C@@H](O)COP(=O)(O)OC[C@@H](COC(=O)CCCCCCCCCCC(C)CC)OC(=O)CCCCCCCCCCCCCCC. The molecule has 0 saturated carbocycles. The highest BCUT2D eigenvalue weighted by Crippen LogP contribution is 2.45. The van der Waals surface area contributed by atoms with Crippen LogP contribution in [-0.4, -0.2) is 96.7 Å². The van der Waals surface area contributed by atoms with Gasteiger partial charge in [-0.1, -0.05) is 382 Å². The van der Waals surface area contributed by atoms with Gasteiger partial charge in [-0.3, -0.25) is 37.3 Å². The average molecular weight is 1480 g/mol. The largest absolute Gasteiger partial charge is 0.472 e. The summed E-state index contributed by atoms with van der Waals surface area (Å²) < 4.78 is 68.8. The van der Waals surface area contributed by atoms with Crippen LogP contribution in [0.3, 0.4) is 0 Å². The van der Waals surface area contributed by atoms with Crippen LogP contribution in [0.2, 0.25) is 0 Å². The van der Waals surface area contributed by atoms with Crippen LogP contribution < -0.4 is 0 Å². The van der Waals surface area contributed by atoms with Crippen LogP contribution in [-0.2, 0) is 65.4 Å². The van der Waals surface area contributed by atoms with Gasteiger partial charge in [0, 0.05) is 25.7 Å². The van der Waals surface area contributed by atoms with Gasteiger partial charge in [0.05, 0.1) is 26.4 Å². The molecule has 0 aliphatic carbocycles. The predicted molar refractivity (Wildman–Crippen MR) is 414 cm³/mol. The highest BCUT2D eigenvalue weighted by Gasteiger charge is 2.30. The number of rotatable bonds is 81. The Morgan fingerprint density at radius 2 is 0.505 bits per heavy atom. The zero-order chi connectivity index (χ0) is 74.2. The molecule has 3 N–H and O–H groups in total. The van der Waals surface area contributed by atoms with E-state index in [0.717, 1.165) is 102 Å². The number of hydrogen-bond donors (Lipinski definition) is 3. The third kappa shape index (κ3) is 74.7. The summed E-state index contributed by atoms with van der Waals surface area (Å²) in [5.41, 5.74) is 0. The van der Waals surface area contributed by atoms with Crippen molar-refractivity contribution in [1.82, 2.24) is 0 Å². The molecule has 17 nitrogen and oxygen atoms in total. The van der Waals surface area contributed by atoms with Crippen LogP contribution in [0.5, 0.6) is 0 Å². The molecule has 0 heterocycles. The van der Waals surface area contributed by atoms with Crippen LogP contribution >= 0.6 is 15.6 Å². The summed E-state index contributed by atoms with van der Waals surface area (Å²) in [7, 11) is -9.92. The fourth-order valence-electron chi connectivity index (χ4n) is 12.7. The minimum absolute atomic E-state index is 0.107. The molecule has 0 aliphatic rings. The van der Waals surface area contributed by atoms with Crippen molar-refractivity contribution in [3.8, 4) is 0 Å². The van der Waals surface area contributed by atoms with E-state index in [-0.39, 0.29) is 25.7 Å². The first-order valence-corrected chi connectivity index (χ1v) is 45.5. The number of hydrogen-bond acceptors (Lipinski definition) is 15. The molecule has 0 aromatic rings. The summed E-state index contributed by atoms with van der Waals surface area (Å²) in [6.07, 6.45) is 63.7. The first-order valence-electron chi connectivity index (χ1n) is 42.5. The monoisotopic (exact) mass is 1480 g/mol. The van der Waals surface area contributed by atoms with E-state index in [9.17, 15) is 43.2 Å². The van der Waals surface area contributed by atoms with Crippen LogP contribution in [0.25, 0.3) is 0 Å². The van der Waals surface area contributed by atoms with Crippen LogP contribution in [0, 0.1) is 11.8 Å². The van der Waals surface area contributed by atoms with Crippen molar-refractivity contribution in [2.45, 2.75) is 452 Å². The van der Waals surface area contributed by atoms with Gasteiger partial charge < -0.3 is 33.8 Å². The second kappa shape index (κ2) is 73.6. The van der Waals surface area contributed by atoms with Crippen molar-refractivity contribution in [2.75, 3.05) is 39.6 Å². The fourth-order valence-corrected chi connectivity index (χ4v) is 14.3. The number of phosphoric acid groups is 2. The van der Waals surface area contributed by atoms with Gasteiger partial charge in [-0.25, -0.2) is 9.13 Å². The summed E-state index contributed by atoms with van der Waals surface area (Å²) in [5.74, 6) is -0.537. The van der Waals surface area contributed by atoms with Crippen LogP contribution in [0.4, 0.5) is 0 Å². The Balaban J connectivity index is 5.25. The summed E-state index contributed by atoms with van der Waals surface area (Å²) in [6, 6.07) is 0. The minimum Gasteiger partial charge on any atom is -0.462 e. The standard InChI is InChI=1S/C82H160O17P2/c1-7-10-12-14-16-18-20-22-23-24-25-26-27-28-32-37-41-49-55-61-67-82(87)98-77(70-92-79(84)64-58-52-46-39-35-33-29-31-34-38-44-50-56-62-74(4)5)72-96-100(88,89)94-68-76(83)69-95-101(90,91)97-73-78(71-93-80(85)65-59-53-47-43-42-45-51-57-63-75(6)9-3)99-81(86)66-60-54-48-40-36-30-21-19-17-15-13-11-8-2/h74-78,83H,7-73H2,1-6H3,(H,88,89)(H,90,91)/t75?,76-,77-,78-/m1/s1. The molecule has 0 saturated heterocycles. The summed E-state index contributed by atoms with van der Waals surface area (Å²) in [4.78, 5) is 73.1. The molecule has 0 aromatic carbocycles. The maximum absolute atomic E-state index is 13.1. The van der Waals surface area contributed by atoms with Crippen molar-refractivity contribution in [2.24, 2.45) is 11.8 Å². The minimum atomic E-state index is -4.96. The van der Waals surface area contributed by atoms with Crippen LogP contribution in [0.1, 0.15) is 433 Å². The Morgan fingerprint density at radius 3 is 0.752 bits per heavy atom. The molecule has 0 aromatic heterocycles. The molecule has 101 heavy (non-hydrogen) atoms. The molecule has 0 bridgehead atoms. The zero-order valence-electron chi connectivity index (χ0n) is 66.2. The van der Waals surface area contributed by atoms with Gasteiger partial charge in [-0.2, -0.15) is 0 Å². The van der Waals surface area contributed by atoms with Crippen molar-refractivity contribution >= 4 is 39.5 Å². The van der Waals surface area contributed by atoms with Crippen molar-refractivity contribution in [3.05, 3.63) is 0 Å². The highest BCUT2D eigenvalue weighted by molar-refractivity contribution is 7.47. The van der Waals surface area contributed by atoms with Gasteiger partial charge >= 0.3 is 39.5 Å². The summed E-state index contributed by atoms with van der Waals surface area (Å²) in [5, 5.41) is 10.7. The Labute approximate surface area is 619 Å². The number of carbonyl (C=O) groups excluding carboxylic acids is 4. The van der Waals surface area contributed by atoms with Crippen LogP contribution in [0.15, 0.2) is 0 Å². The molecule has 0 aliphatic heterocycles. The molecule has 0 spiro atoms. The Morgan fingerprint density at radius 1 is 0.287 bits per heavy atom. The molecule has 6 atom stereocenters. The maximum Gasteiger partial charge on any atom is 0.472 e. The molecule has 19 heteroatoms. The second-order valence-electron chi connectivity index (χ2n) is 30.2. The average Bonchev–Trinajstić information content (AvgIpc) is 0.986. The van der Waals surface area contributed by atoms with E-state index in [2.05, 4.69) is 41.5 Å². The summed E-state index contributed by atoms with van der Waals surface area (Å²) in [6.45, 7) is 9.67. The molecule has 0 fully saturated rings. The fraction of sp³-hybridized carbons (Fsp3) is 0.951. The number of ether oxygens (including phenoxy) is 4. The summed E-state index contributed by atoms with van der Waals surface area (Å²) >= 11 is 0. The van der Waals surface area contributed by atoms with E-state index in [1.807, 2.05) is 0 Å². The smallest absolute Gasteiger partial charge is 0.462 e. The lowest BCUT2D eigenvalue weighted by molar-refractivity contribution is -0.161. The van der Waals surface area contributed by atoms with E-state index >= 15 is 0 Å². The van der Waals surface area contributed by atoms with Crippen molar-refractivity contribution in [3.63, 3.8) is 0 Å². The highest BCUT2D eigenvalue weighted by atomic mass is 31.2. The molecule has 0 amide bonds. The number of unbranched alkanes of at least 4 members (excludes halogenated alkanes) is 50. The number of esters is 4. The number of aliphatic hydroxyl groups excluding tert-OH is 1. The van der Waals surface area contributed by atoms with E-state index < -0.39 is 97.5 Å². The normalized spacial score (nSPS) is 14.2. The molecule has 600 valence electrons. The predicted octanol–water partition coefficient (Wildman–Crippen LogP) is 24.7. The van der Waals surface area contributed by atoms with Gasteiger partial charge in [0.2, 0.25) is 0 Å². The lowest BCUT2D eigenvalue weighted by Crippen LogP contribution is -2.30. The van der Waals surface area contributed by atoms with Gasteiger partial charge in [0.1, 0.15) is 19.3 Å². The van der Waals surface area contributed by atoms with Gasteiger partial charge in [-0.05, 0) is 37.5 Å². The lowest BCUT2D eigenvalue weighted by Gasteiger charge is -2.21. The van der Waals surface area contributed by atoms with E-state index in [4.69, 9.17) is 37.0 Å². The third-order valence-electron chi connectivity index (χ3n) is 19.6. The number of carbonyl (C=O) groups is 4. The van der Waals surface area contributed by atoms with Crippen molar-refractivity contribution in [1.29, 1.82) is 0 Å². The van der Waals surface area contributed by atoms with Gasteiger partial charge in [0.15, 0.2) is 12.2 Å². The van der Waals surface area contributed by atoms with E-state index in [1.165, 1.54) is 250 Å². The quantitative estimate of drug-likeness (QED) is 0.0222. The first kappa shape index (κ1) is 99.1. The first-order chi connectivity index (χ1) is 48.9. The third-order valence-corrected chi connectivity index (χ3v) is 21.5. The van der Waals surface area contributed by atoms with Gasteiger partial charge in [0.25, 0.3) is 0 Å². The van der Waals surface area contributed by atoms with Gasteiger partial charge in [-0.15, -0.1) is 0 Å². The van der Waals surface area contributed by atoms with E-state index in [0.29, 0.717) is 25.7 Å². The Kier molecular flexibility index (Phi) is 72.2. The zero-order valence-corrected chi connectivity index (χ0v) is 68.0. The number of phosphoric ester groups is 2. The lowest BCUT2D eigenvalue weighted by atomic mass is 9.99. The van der Waals surface area contributed by atoms with Crippen molar-refractivity contribution < 1.29 is 80.2 Å². The van der Waals surface area contributed by atoms with E-state index in [1.54, 1.807) is 0 Å². The molecule has 0 rings (SSSR count).